The molecule has 0 saturated carbocycles. The molecule has 0 aliphatic heterocycles. The van der Waals surface area contributed by atoms with E-state index in [1.165, 1.54) is 17.5 Å². The van der Waals surface area contributed by atoms with E-state index in [9.17, 15) is 9.90 Å². The Hall–Kier alpha value is -2.29. The molecule has 0 radical (unpaired) electrons. The Bertz CT molecular complexity index is 649. The van der Waals surface area contributed by atoms with Crippen LogP contribution in [0.4, 0.5) is 0 Å². The molecule has 0 bridgehead atoms. The largest absolute Gasteiger partial charge is 0.508 e. The molecule has 0 heterocycles. The fourth-order valence-corrected chi connectivity index (χ4v) is 2.65. The lowest BCUT2D eigenvalue weighted by Gasteiger charge is -2.08. The number of amides is 1. The Balaban J connectivity index is 1.69. The van der Waals surface area contributed by atoms with Crippen LogP contribution in [0.25, 0.3) is 0 Å². The standard InChI is InChI=1S/C17H17NO2/c19-16-7-2-1-4-15(16)11-18-17(20)14-9-8-12-5-3-6-13(12)10-14/h1-2,4,7-10,19H,3,5-6,11H2,(H,18,20). The number of aryl methyl sites for hydroxylation is 2. The van der Waals surface area contributed by atoms with Gasteiger partial charge in [-0.2, -0.15) is 0 Å². The van der Waals surface area contributed by atoms with Crippen molar-refractivity contribution >= 4 is 5.91 Å². The lowest BCUT2D eigenvalue weighted by Crippen LogP contribution is -2.22. The van der Waals surface area contributed by atoms with Gasteiger partial charge in [0.15, 0.2) is 0 Å². The van der Waals surface area contributed by atoms with Crippen LogP contribution in [0, 0.1) is 0 Å². The van der Waals surface area contributed by atoms with E-state index >= 15 is 0 Å². The summed E-state index contributed by atoms with van der Waals surface area (Å²) in [6.07, 6.45) is 3.36. The Kier molecular flexibility index (Phi) is 3.42. The van der Waals surface area contributed by atoms with E-state index in [1.807, 2.05) is 18.2 Å². The second-order valence-electron chi connectivity index (χ2n) is 5.15. The number of carbonyl (C=O) groups is 1. The third kappa shape index (κ3) is 2.52. The predicted molar refractivity (Wildman–Crippen MR) is 77.7 cm³/mol. The summed E-state index contributed by atoms with van der Waals surface area (Å²) < 4.78 is 0. The number of aromatic hydroxyl groups is 1. The first-order valence-corrected chi connectivity index (χ1v) is 6.91. The molecule has 2 N–H and O–H groups in total. The Morgan fingerprint density at radius 2 is 1.90 bits per heavy atom. The van der Waals surface area contributed by atoms with Gasteiger partial charge in [-0.05, 0) is 48.6 Å². The summed E-state index contributed by atoms with van der Waals surface area (Å²) in [5, 5.41) is 12.5. The van der Waals surface area contributed by atoms with Crippen molar-refractivity contribution < 1.29 is 9.90 Å². The normalized spacial score (nSPS) is 13.0. The molecule has 0 unspecified atom stereocenters. The van der Waals surface area contributed by atoms with Gasteiger partial charge >= 0.3 is 0 Å². The quantitative estimate of drug-likeness (QED) is 0.898. The minimum atomic E-state index is -0.0945. The average molecular weight is 267 g/mol. The van der Waals surface area contributed by atoms with E-state index in [4.69, 9.17) is 0 Å². The van der Waals surface area contributed by atoms with Gasteiger partial charge in [0.1, 0.15) is 5.75 Å². The fourth-order valence-electron chi connectivity index (χ4n) is 2.65. The van der Waals surface area contributed by atoms with Crippen LogP contribution in [0.5, 0.6) is 5.75 Å². The molecule has 20 heavy (non-hydrogen) atoms. The maximum Gasteiger partial charge on any atom is 0.251 e. The van der Waals surface area contributed by atoms with Crippen molar-refractivity contribution in [3.8, 4) is 5.75 Å². The van der Waals surface area contributed by atoms with Crippen LogP contribution in [-0.2, 0) is 19.4 Å². The number of nitrogens with one attached hydrogen (secondary N) is 1. The van der Waals surface area contributed by atoms with E-state index < -0.39 is 0 Å². The Labute approximate surface area is 118 Å². The van der Waals surface area contributed by atoms with Crippen LogP contribution in [0.15, 0.2) is 42.5 Å². The SMILES string of the molecule is O=C(NCc1ccccc1O)c1ccc2c(c1)CCC2. The van der Waals surface area contributed by atoms with E-state index in [0.717, 1.165) is 18.4 Å². The summed E-state index contributed by atoms with van der Waals surface area (Å²) in [5.41, 5.74) is 4.07. The molecule has 3 nitrogen and oxygen atoms in total. The number of carbonyl (C=O) groups excluding carboxylic acids is 1. The van der Waals surface area contributed by atoms with Crippen molar-refractivity contribution in [1.29, 1.82) is 0 Å². The monoisotopic (exact) mass is 267 g/mol. The molecule has 3 heteroatoms. The lowest BCUT2D eigenvalue weighted by molar-refractivity contribution is 0.0950. The van der Waals surface area contributed by atoms with E-state index in [0.29, 0.717) is 12.1 Å². The number of benzene rings is 2. The third-order valence-electron chi connectivity index (χ3n) is 3.79. The van der Waals surface area contributed by atoms with Crippen molar-refractivity contribution in [2.45, 2.75) is 25.8 Å². The zero-order chi connectivity index (χ0) is 13.9. The van der Waals surface area contributed by atoms with Crippen LogP contribution < -0.4 is 5.32 Å². The molecule has 0 aromatic heterocycles. The molecule has 3 rings (SSSR count). The molecular weight excluding hydrogens is 250 g/mol. The Morgan fingerprint density at radius 3 is 2.75 bits per heavy atom. The average Bonchev–Trinajstić information content (AvgIpc) is 2.93. The molecule has 0 atom stereocenters. The number of rotatable bonds is 3. The minimum Gasteiger partial charge on any atom is -0.508 e. The highest BCUT2D eigenvalue weighted by molar-refractivity contribution is 5.94. The maximum absolute atomic E-state index is 12.1. The highest BCUT2D eigenvalue weighted by atomic mass is 16.3. The van der Waals surface area contributed by atoms with E-state index in [1.54, 1.807) is 18.2 Å². The summed E-state index contributed by atoms with van der Waals surface area (Å²) in [5.74, 6) is 0.115. The summed E-state index contributed by atoms with van der Waals surface area (Å²) in [6, 6.07) is 13.0. The topological polar surface area (TPSA) is 49.3 Å². The van der Waals surface area contributed by atoms with Gasteiger partial charge in [-0.1, -0.05) is 24.3 Å². The number of phenols is 1. The van der Waals surface area contributed by atoms with Crippen molar-refractivity contribution in [2.24, 2.45) is 0 Å². The van der Waals surface area contributed by atoms with Gasteiger partial charge in [-0.25, -0.2) is 0 Å². The van der Waals surface area contributed by atoms with Crippen LogP contribution in [0.2, 0.25) is 0 Å². The van der Waals surface area contributed by atoms with Crippen molar-refractivity contribution in [3.05, 3.63) is 64.7 Å². The fraction of sp³-hybridized carbons (Fsp3) is 0.235. The molecule has 0 fully saturated rings. The van der Waals surface area contributed by atoms with Crippen LogP contribution in [0.1, 0.15) is 33.5 Å². The summed E-state index contributed by atoms with van der Waals surface area (Å²) >= 11 is 0. The molecule has 2 aromatic carbocycles. The molecular formula is C17H17NO2. The van der Waals surface area contributed by atoms with Gasteiger partial charge in [0.2, 0.25) is 0 Å². The van der Waals surface area contributed by atoms with Gasteiger partial charge in [0, 0.05) is 17.7 Å². The van der Waals surface area contributed by atoms with Gasteiger partial charge in [-0.15, -0.1) is 0 Å². The van der Waals surface area contributed by atoms with E-state index in [2.05, 4.69) is 11.4 Å². The molecule has 102 valence electrons. The molecule has 0 spiro atoms. The van der Waals surface area contributed by atoms with Gasteiger partial charge in [-0.3, -0.25) is 4.79 Å². The Morgan fingerprint density at radius 1 is 1.10 bits per heavy atom. The number of hydrogen-bond acceptors (Lipinski definition) is 2. The molecule has 1 aliphatic carbocycles. The first-order valence-electron chi connectivity index (χ1n) is 6.91. The third-order valence-corrected chi connectivity index (χ3v) is 3.79. The minimum absolute atomic E-state index is 0.0945. The van der Waals surface area contributed by atoms with Gasteiger partial charge in [0.05, 0.1) is 0 Å². The summed E-state index contributed by atoms with van der Waals surface area (Å²) in [6.45, 7) is 0.336. The lowest BCUT2D eigenvalue weighted by atomic mass is 10.1. The van der Waals surface area contributed by atoms with Gasteiger partial charge < -0.3 is 10.4 Å². The zero-order valence-electron chi connectivity index (χ0n) is 11.2. The van der Waals surface area contributed by atoms with Crippen LogP contribution in [-0.4, -0.2) is 11.0 Å². The van der Waals surface area contributed by atoms with Gasteiger partial charge in [0.25, 0.3) is 5.91 Å². The predicted octanol–water partition coefficient (Wildman–Crippen LogP) is 2.81. The van der Waals surface area contributed by atoms with Crippen molar-refractivity contribution in [2.75, 3.05) is 0 Å². The molecule has 0 saturated heterocycles. The van der Waals surface area contributed by atoms with Crippen LogP contribution in [0.3, 0.4) is 0 Å². The molecule has 1 aliphatic rings. The number of hydrogen-bond donors (Lipinski definition) is 2. The summed E-state index contributed by atoms with van der Waals surface area (Å²) in [4.78, 5) is 12.1. The maximum atomic E-state index is 12.1. The first-order chi connectivity index (χ1) is 9.74. The zero-order valence-corrected chi connectivity index (χ0v) is 11.2. The second kappa shape index (κ2) is 5.37. The van der Waals surface area contributed by atoms with E-state index in [-0.39, 0.29) is 11.7 Å². The number of phenolic OH excluding ortho intramolecular Hbond substituents is 1. The van der Waals surface area contributed by atoms with Crippen molar-refractivity contribution in [1.82, 2.24) is 5.32 Å². The molecule has 2 aromatic rings. The van der Waals surface area contributed by atoms with Crippen LogP contribution >= 0.6 is 0 Å². The number of para-hydroxylation sites is 1. The number of fused-ring (bicyclic) bond motifs is 1. The smallest absolute Gasteiger partial charge is 0.251 e. The van der Waals surface area contributed by atoms with Crippen molar-refractivity contribution in [3.63, 3.8) is 0 Å². The summed E-state index contributed by atoms with van der Waals surface area (Å²) in [7, 11) is 0. The first kappa shape index (κ1) is 12.7. The highest BCUT2D eigenvalue weighted by Gasteiger charge is 2.14. The second-order valence-corrected chi connectivity index (χ2v) is 5.15. The highest BCUT2D eigenvalue weighted by Crippen LogP contribution is 2.23. The molecule has 1 amide bonds.